The van der Waals surface area contributed by atoms with Crippen LogP contribution in [0.15, 0.2) is 84.1 Å². The molecule has 3 aromatic carbocycles. The van der Waals surface area contributed by atoms with Crippen molar-refractivity contribution < 1.29 is 22.8 Å². The van der Waals surface area contributed by atoms with Gasteiger partial charge in [-0.05, 0) is 54.7 Å². The lowest BCUT2D eigenvalue weighted by Crippen LogP contribution is -2.45. The molecule has 2 aliphatic rings. The number of nitrogens with zero attached hydrogens (tertiary/aromatic N) is 1. The summed E-state index contributed by atoms with van der Waals surface area (Å²) in [5.74, 6) is -2.52. The van der Waals surface area contributed by atoms with E-state index in [4.69, 9.17) is 11.6 Å². The lowest BCUT2D eigenvalue weighted by atomic mass is 9.78. The molecule has 1 N–H and O–H groups in total. The van der Waals surface area contributed by atoms with Crippen LogP contribution in [0.25, 0.3) is 0 Å². The minimum atomic E-state index is -5.16. The van der Waals surface area contributed by atoms with Crippen molar-refractivity contribution in [2.75, 3.05) is 10.2 Å². The maximum atomic E-state index is 13.9. The molecular formula is C28H22ClF3N2O2. The number of ketones is 1. The summed E-state index contributed by atoms with van der Waals surface area (Å²) in [5, 5.41) is 3.51. The van der Waals surface area contributed by atoms with Crippen LogP contribution in [-0.2, 0) is 9.59 Å². The van der Waals surface area contributed by atoms with Gasteiger partial charge in [0.15, 0.2) is 5.78 Å². The minimum absolute atomic E-state index is 0.0406. The first-order valence-electron chi connectivity index (χ1n) is 11.5. The Morgan fingerprint density at radius 2 is 1.69 bits per heavy atom. The summed E-state index contributed by atoms with van der Waals surface area (Å²) in [4.78, 5) is 27.3. The number of Topliss-reactive ketones (excluding diaryl/α,β-unsaturated/α-hetero) is 1. The Hall–Kier alpha value is -3.58. The van der Waals surface area contributed by atoms with Gasteiger partial charge in [-0.1, -0.05) is 65.7 Å². The Labute approximate surface area is 211 Å². The molecule has 1 aliphatic heterocycles. The van der Waals surface area contributed by atoms with Gasteiger partial charge in [0.05, 0.1) is 17.4 Å². The standard InChI is InChI=1S/C28H22ClF3N2O2/c1-16-9-11-17(12-10-16)19-14-22-25(24(35)15-19)26(18-5-4-6-20(29)13-18)34(27(36)28(30,31)32)23-8-3-2-7-21(23)33-22/h2-13,19,26,33H,14-15H2,1H3/t19-,26-/m0/s1. The number of aryl methyl sites for hydroxylation is 1. The molecular weight excluding hydrogens is 489 g/mol. The molecule has 5 rings (SSSR count). The molecule has 4 nitrogen and oxygen atoms in total. The number of carbonyl (C=O) groups excluding carboxylic acids is 2. The Kier molecular flexibility index (Phi) is 6.12. The highest BCUT2D eigenvalue weighted by Crippen LogP contribution is 2.48. The van der Waals surface area contributed by atoms with Crippen molar-refractivity contribution in [1.29, 1.82) is 0 Å². The van der Waals surface area contributed by atoms with E-state index in [9.17, 15) is 22.8 Å². The van der Waals surface area contributed by atoms with Gasteiger partial charge in [-0.25, -0.2) is 0 Å². The molecule has 184 valence electrons. The lowest BCUT2D eigenvalue weighted by Gasteiger charge is -2.35. The van der Waals surface area contributed by atoms with Gasteiger partial charge < -0.3 is 5.32 Å². The summed E-state index contributed by atoms with van der Waals surface area (Å²) < 4.78 is 41.8. The summed E-state index contributed by atoms with van der Waals surface area (Å²) in [7, 11) is 0. The molecule has 8 heteroatoms. The number of hydrogen-bond donors (Lipinski definition) is 1. The molecule has 0 unspecified atom stereocenters. The topological polar surface area (TPSA) is 49.4 Å². The number of carbonyl (C=O) groups is 2. The number of anilines is 2. The van der Waals surface area contributed by atoms with E-state index in [1.165, 1.54) is 12.1 Å². The van der Waals surface area contributed by atoms with Crippen LogP contribution in [0.4, 0.5) is 24.5 Å². The quantitative estimate of drug-likeness (QED) is 0.399. The van der Waals surface area contributed by atoms with Gasteiger partial charge in [0, 0.05) is 22.7 Å². The summed E-state index contributed by atoms with van der Waals surface area (Å²) in [6, 6.07) is 19.2. The molecule has 1 amide bonds. The molecule has 0 saturated carbocycles. The Balaban J connectivity index is 1.73. The summed E-state index contributed by atoms with van der Waals surface area (Å²) in [6.45, 7) is 1.97. The number of para-hydroxylation sites is 2. The van der Waals surface area contributed by atoms with Crippen molar-refractivity contribution in [3.8, 4) is 0 Å². The fourth-order valence-corrected chi connectivity index (χ4v) is 5.22. The average molecular weight is 511 g/mol. The first kappa shape index (κ1) is 24.1. The zero-order valence-electron chi connectivity index (χ0n) is 19.3. The number of fused-ring (bicyclic) bond motifs is 1. The Morgan fingerprint density at radius 1 is 0.972 bits per heavy atom. The molecule has 0 bridgehead atoms. The second-order valence-electron chi connectivity index (χ2n) is 9.10. The van der Waals surface area contributed by atoms with Crippen LogP contribution in [0.3, 0.4) is 0 Å². The first-order valence-corrected chi connectivity index (χ1v) is 11.9. The second-order valence-corrected chi connectivity index (χ2v) is 9.54. The largest absolute Gasteiger partial charge is 0.471 e. The SMILES string of the molecule is Cc1ccc([C@@H]2CC(=O)C3=C(C2)Nc2ccccc2N(C(=O)C(F)(F)F)[C@H]3c2cccc(Cl)c2)cc1. The molecule has 0 saturated heterocycles. The molecule has 0 aromatic heterocycles. The predicted octanol–water partition coefficient (Wildman–Crippen LogP) is 7.11. The van der Waals surface area contributed by atoms with Crippen LogP contribution in [0.2, 0.25) is 5.02 Å². The number of nitrogens with one attached hydrogen (secondary N) is 1. The van der Waals surface area contributed by atoms with Gasteiger partial charge in [0.2, 0.25) is 0 Å². The van der Waals surface area contributed by atoms with Crippen LogP contribution < -0.4 is 10.2 Å². The van der Waals surface area contributed by atoms with Crippen LogP contribution in [-0.4, -0.2) is 17.9 Å². The number of halogens is 4. The molecule has 3 aromatic rings. The molecule has 1 heterocycles. The maximum Gasteiger partial charge on any atom is 0.471 e. The molecule has 0 spiro atoms. The molecule has 0 fully saturated rings. The third-order valence-electron chi connectivity index (χ3n) is 6.66. The number of alkyl halides is 3. The van der Waals surface area contributed by atoms with E-state index >= 15 is 0 Å². The van der Waals surface area contributed by atoms with E-state index in [0.29, 0.717) is 33.3 Å². The number of amides is 1. The highest BCUT2D eigenvalue weighted by Gasteiger charge is 2.50. The van der Waals surface area contributed by atoms with E-state index in [2.05, 4.69) is 5.32 Å². The second kappa shape index (κ2) is 9.13. The highest BCUT2D eigenvalue weighted by atomic mass is 35.5. The number of benzene rings is 3. The third-order valence-corrected chi connectivity index (χ3v) is 6.90. The lowest BCUT2D eigenvalue weighted by molar-refractivity contribution is -0.170. The highest BCUT2D eigenvalue weighted by molar-refractivity contribution is 6.30. The normalized spacial score (nSPS) is 19.8. The van der Waals surface area contributed by atoms with Crippen molar-refractivity contribution in [3.63, 3.8) is 0 Å². The molecule has 2 atom stereocenters. The summed E-state index contributed by atoms with van der Waals surface area (Å²) >= 11 is 6.21. The van der Waals surface area contributed by atoms with Gasteiger partial charge >= 0.3 is 12.1 Å². The Bertz CT molecular complexity index is 1380. The van der Waals surface area contributed by atoms with Crippen LogP contribution in [0, 0.1) is 6.92 Å². The smallest absolute Gasteiger partial charge is 0.357 e. The van der Waals surface area contributed by atoms with E-state index in [0.717, 1.165) is 11.1 Å². The van der Waals surface area contributed by atoms with E-state index < -0.39 is 18.1 Å². The fraction of sp³-hybridized carbons (Fsp3) is 0.214. The van der Waals surface area contributed by atoms with Crippen molar-refractivity contribution >= 4 is 34.7 Å². The van der Waals surface area contributed by atoms with Crippen molar-refractivity contribution in [2.24, 2.45) is 0 Å². The monoisotopic (exact) mass is 510 g/mol. The van der Waals surface area contributed by atoms with E-state index in [1.54, 1.807) is 36.4 Å². The van der Waals surface area contributed by atoms with Crippen LogP contribution in [0.1, 0.15) is 41.5 Å². The predicted molar refractivity (Wildman–Crippen MR) is 133 cm³/mol. The van der Waals surface area contributed by atoms with Gasteiger partial charge in [-0.2, -0.15) is 13.2 Å². The zero-order chi connectivity index (χ0) is 25.6. The maximum absolute atomic E-state index is 13.9. The van der Waals surface area contributed by atoms with Crippen molar-refractivity contribution in [2.45, 2.75) is 37.9 Å². The molecule has 0 radical (unpaired) electrons. The van der Waals surface area contributed by atoms with E-state index in [1.807, 2.05) is 31.2 Å². The molecule has 36 heavy (non-hydrogen) atoms. The fourth-order valence-electron chi connectivity index (χ4n) is 5.02. The van der Waals surface area contributed by atoms with Crippen molar-refractivity contribution in [3.05, 3.63) is 106 Å². The average Bonchev–Trinajstić information content (AvgIpc) is 2.98. The molecule has 1 aliphatic carbocycles. The van der Waals surface area contributed by atoms with Gasteiger partial charge in [-0.15, -0.1) is 0 Å². The first-order chi connectivity index (χ1) is 17.1. The van der Waals surface area contributed by atoms with Gasteiger partial charge in [0.1, 0.15) is 0 Å². The van der Waals surface area contributed by atoms with Crippen LogP contribution >= 0.6 is 11.6 Å². The number of rotatable bonds is 2. The zero-order valence-corrected chi connectivity index (χ0v) is 20.0. The number of allylic oxidation sites excluding steroid dienone is 1. The van der Waals surface area contributed by atoms with Gasteiger partial charge in [0.25, 0.3) is 0 Å². The van der Waals surface area contributed by atoms with Gasteiger partial charge in [-0.3, -0.25) is 14.5 Å². The minimum Gasteiger partial charge on any atom is -0.357 e. The Morgan fingerprint density at radius 3 is 2.39 bits per heavy atom. The van der Waals surface area contributed by atoms with E-state index in [-0.39, 0.29) is 29.4 Å². The van der Waals surface area contributed by atoms with Crippen LogP contribution in [0.5, 0.6) is 0 Å². The summed E-state index contributed by atoms with van der Waals surface area (Å²) in [5.41, 5.74) is 3.41. The third kappa shape index (κ3) is 4.39. The van der Waals surface area contributed by atoms with Crippen molar-refractivity contribution in [1.82, 2.24) is 0 Å². The summed E-state index contributed by atoms with van der Waals surface area (Å²) in [6.07, 6.45) is -4.63. The number of hydrogen-bond acceptors (Lipinski definition) is 3.